The van der Waals surface area contributed by atoms with Crippen molar-refractivity contribution in [1.82, 2.24) is 9.78 Å². The zero-order chi connectivity index (χ0) is 15.2. The normalized spacial score (nSPS) is 10.1. The zero-order valence-corrected chi connectivity index (χ0v) is 14.1. The first-order chi connectivity index (χ1) is 10.1. The molecule has 0 saturated heterocycles. The molecule has 0 fully saturated rings. The van der Waals surface area contributed by atoms with Crippen molar-refractivity contribution in [2.45, 2.75) is 19.4 Å². The van der Waals surface area contributed by atoms with Crippen molar-refractivity contribution in [3.8, 4) is 0 Å². The molecule has 8 heteroatoms. The van der Waals surface area contributed by atoms with E-state index >= 15 is 0 Å². The number of hydrogen-bond acceptors (Lipinski definition) is 3. The van der Waals surface area contributed by atoms with Gasteiger partial charge in [0, 0.05) is 28.1 Å². The van der Waals surface area contributed by atoms with Gasteiger partial charge in [0.05, 0.1) is 12.7 Å². The number of nitrogens with two attached hydrogens (primary N) is 1. The molecule has 1 aromatic heterocycles. The lowest BCUT2D eigenvalue weighted by molar-refractivity contribution is -0.116. The van der Waals surface area contributed by atoms with E-state index in [2.05, 4.69) is 10.4 Å². The predicted molar refractivity (Wildman–Crippen MR) is 92.0 cm³/mol. The molecule has 1 heterocycles. The first-order valence-corrected chi connectivity index (χ1v) is 7.32. The molecule has 0 aliphatic rings. The van der Waals surface area contributed by atoms with Crippen LogP contribution in [0.5, 0.6) is 0 Å². The van der Waals surface area contributed by atoms with Gasteiger partial charge in [-0.1, -0.05) is 29.3 Å². The molecule has 0 spiro atoms. The smallest absolute Gasteiger partial charge is 0.225 e. The number of carbonyl (C=O) groups excluding carboxylic acids is 1. The van der Waals surface area contributed by atoms with Crippen molar-refractivity contribution >= 4 is 47.3 Å². The maximum atomic E-state index is 11.7. The molecule has 22 heavy (non-hydrogen) atoms. The number of amides is 1. The fourth-order valence-electron chi connectivity index (χ4n) is 1.87. The fourth-order valence-corrected chi connectivity index (χ4v) is 2.38. The van der Waals surface area contributed by atoms with Crippen molar-refractivity contribution in [2.24, 2.45) is 5.73 Å². The fraction of sp³-hybridized carbons (Fsp3) is 0.286. The highest BCUT2D eigenvalue weighted by atomic mass is 35.5. The molecular weight excluding hydrogens is 347 g/mol. The number of rotatable bonds is 6. The number of benzene rings is 1. The van der Waals surface area contributed by atoms with Crippen LogP contribution in [0.4, 0.5) is 5.82 Å². The van der Waals surface area contributed by atoms with Gasteiger partial charge in [-0.05, 0) is 25.1 Å². The average Bonchev–Trinajstić information content (AvgIpc) is 2.88. The number of nitrogens with zero attached hydrogens (tertiary/aromatic N) is 2. The molecule has 2 aromatic rings. The molecule has 120 valence electrons. The molecule has 0 radical (unpaired) electrons. The van der Waals surface area contributed by atoms with Crippen molar-refractivity contribution in [2.75, 3.05) is 11.9 Å². The molecule has 1 aromatic carbocycles. The summed E-state index contributed by atoms with van der Waals surface area (Å²) < 4.78 is 1.65. The van der Waals surface area contributed by atoms with Crippen LogP contribution in [0.3, 0.4) is 0 Å². The van der Waals surface area contributed by atoms with Gasteiger partial charge in [0.1, 0.15) is 5.82 Å². The maximum absolute atomic E-state index is 11.7. The Morgan fingerprint density at radius 2 is 1.95 bits per heavy atom. The van der Waals surface area contributed by atoms with Gasteiger partial charge in [-0.2, -0.15) is 5.10 Å². The topological polar surface area (TPSA) is 72.9 Å². The highest BCUT2D eigenvalue weighted by Crippen LogP contribution is 2.25. The van der Waals surface area contributed by atoms with Gasteiger partial charge in [0.25, 0.3) is 0 Å². The molecule has 1 amide bonds. The van der Waals surface area contributed by atoms with Crippen molar-refractivity contribution < 1.29 is 4.79 Å². The molecule has 5 nitrogen and oxygen atoms in total. The minimum atomic E-state index is -0.0903. The Balaban J connectivity index is 0.00000242. The van der Waals surface area contributed by atoms with Gasteiger partial charge in [-0.3, -0.25) is 4.79 Å². The second kappa shape index (κ2) is 9.00. The van der Waals surface area contributed by atoms with Crippen LogP contribution < -0.4 is 11.1 Å². The van der Waals surface area contributed by atoms with E-state index in [0.29, 0.717) is 41.8 Å². The highest BCUT2D eigenvalue weighted by Gasteiger charge is 2.11. The summed E-state index contributed by atoms with van der Waals surface area (Å²) in [6, 6.07) is 7.05. The standard InChI is InChI=1S/C14H16Cl2N4O.ClH/c15-11-3-1-4-12(16)10(11)9-20-13(6-8-18-20)19-14(21)5-2-7-17;/h1,3-4,6,8H,2,5,7,9,17H2,(H,19,21);1H. The molecule has 0 atom stereocenters. The summed E-state index contributed by atoms with van der Waals surface area (Å²) in [4.78, 5) is 11.7. The summed E-state index contributed by atoms with van der Waals surface area (Å²) >= 11 is 12.3. The molecule has 3 N–H and O–H groups in total. The van der Waals surface area contributed by atoms with E-state index in [-0.39, 0.29) is 18.3 Å². The Morgan fingerprint density at radius 3 is 2.59 bits per heavy atom. The summed E-state index contributed by atoms with van der Waals surface area (Å²) in [5.74, 6) is 0.514. The van der Waals surface area contributed by atoms with E-state index in [1.165, 1.54) is 0 Å². The van der Waals surface area contributed by atoms with Crippen LogP contribution in [0, 0.1) is 0 Å². The van der Waals surface area contributed by atoms with Gasteiger partial charge in [0.15, 0.2) is 0 Å². The molecule has 0 aliphatic heterocycles. The number of nitrogens with one attached hydrogen (secondary N) is 1. The molecule has 0 unspecified atom stereocenters. The lowest BCUT2D eigenvalue weighted by Gasteiger charge is -2.11. The number of anilines is 1. The summed E-state index contributed by atoms with van der Waals surface area (Å²) in [5.41, 5.74) is 6.15. The van der Waals surface area contributed by atoms with Gasteiger partial charge < -0.3 is 11.1 Å². The Kier molecular flexibility index (Phi) is 7.68. The highest BCUT2D eigenvalue weighted by molar-refractivity contribution is 6.35. The quantitative estimate of drug-likeness (QED) is 0.826. The third kappa shape index (κ3) is 4.88. The Bertz CT molecular complexity index is 610. The van der Waals surface area contributed by atoms with Gasteiger partial charge in [0.2, 0.25) is 5.91 Å². The van der Waals surface area contributed by atoms with Crippen LogP contribution in [-0.4, -0.2) is 22.2 Å². The first-order valence-electron chi connectivity index (χ1n) is 6.56. The van der Waals surface area contributed by atoms with Gasteiger partial charge in [-0.25, -0.2) is 4.68 Å². The first kappa shape index (κ1) is 18.8. The summed E-state index contributed by atoms with van der Waals surface area (Å²) in [6.07, 6.45) is 2.65. The van der Waals surface area contributed by atoms with E-state index in [4.69, 9.17) is 28.9 Å². The largest absolute Gasteiger partial charge is 0.330 e. The third-order valence-corrected chi connectivity index (χ3v) is 3.67. The number of aromatic nitrogens is 2. The SMILES string of the molecule is Cl.NCCCC(=O)Nc1ccnn1Cc1c(Cl)cccc1Cl. The minimum Gasteiger partial charge on any atom is -0.330 e. The second-order valence-electron chi connectivity index (χ2n) is 4.51. The number of carbonyl (C=O) groups is 1. The average molecular weight is 364 g/mol. The summed E-state index contributed by atoms with van der Waals surface area (Å²) in [5, 5.41) is 8.13. The molecule has 2 rings (SSSR count). The zero-order valence-electron chi connectivity index (χ0n) is 11.8. The van der Waals surface area contributed by atoms with Crippen LogP contribution in [0.25, 0.3) is 0 Å². The van der Waals surface area contributed by atoms with Crippen LogP contribution in [0.1, 0.15) is 18.4 Å². The van der Waals surface area contributed by atoms with Crippen LogP contribution in [0.2, 0.25) is 10.0 Å². The Morgan fingerprint density at radius 1 is 1.27 bits per heavy atom. The van der Waals surface area contributed by atoms with Crippen LogP contribution in [0.15, 0.2) is 30.5 Å². The second-order valence-corrected chi connectivity index (χ2v) is 5.33. The van der Waals surface area contributed by atoms with E-state index in [1.807, 2.05) is 0 Å². The van der Waals surface area contributed by atoms with Crippen molar-refractivity contribution in [3.05, 3.63) is 46.1 Å². The van der Waals surface area contributed by atoms with E-state index in [1.54, 1.807) is 35.1 Å². The Labute approximate surface area is 145 Å². The summed E-state index contributed by atoms with van der Waals surface area (Å²) in [6.45, 7) is 0.875. The van der Waals surface area contributed by atoms with Crippen molar-refractivity contribution in [3.63, 3.8) is 0 Å². The lowest BCUT2D eigenvalue weighted by Crippen LogP contribution is -2.17. The van der Waals surface area contributed by atoms with Gasteiger partial charge in [-0.15, -0.1) is 12.4 Å². The van der Waals surface area contributed by atoms with Crippen LogP contribution in [-0.2, 0) is 11.3 Å². The monoisotopic (exact) mass is 362 g/mol. The van der Waals surface area contributed by atoms with E-state index in [9.17, 15) is 4.79 Å². The van der Waals surface area contributed by atoms with Gasteiger partial charge >= 0.3 is 0 Å². The number of hydrogen-bond donors (Lipinski definition) is 2. The molecule has 0 saturated carbocycles. The van der Waals surface area contributed by atoms with Crippen molar-refractivity contribution in [1.29, 1.82) is 0 Å². The number of halogens is 3. The van der Waals surface area contributed by atoms with Crippen LogP contribution >= 0.6 is 35.6 Å². The third-order valence-electron chi connectivity index (χ3n) is 2.96. The Hall–Kier alpha value is -1.27. The predicted octanol–water partition coefficient (Wildman–Crippen LogP) is 3.34. The molecule has 0 bridgehead atoms. The minimum absolute atomic E-state index is 0. The molecular formula is C14H17Cl3N4O. The lowest BCUT2D eigenvalue weighted by atomic mass is 10.2. The maximum Gasteiger partial charge on any atom is 0.225 e. The van der Waals surface area contributed by atoms with E-state index in [0.717, 1.165) is 5.56 Å². The van der Waals surface area contributed by atoms with E-state index < -0.39 is 0 Å². The summed E-state index contributed by atoms with van der Waals surface area (Å²) in [7, 11) is 0. The molecule has 0 aliphatic carbocycles.